The summed E-state index contributed by atoms with van der Waals surface area (Å²) in [6.45, 7) is 7.44. The molecule has 0 amide bonds. The Kier molecular flexibility index (Phi) is 5.29. The van der Waals surface area contributed by atoms with Crippen LogP contribution < -0.4 is 0 Å². The van der Waals surface area contributed by atoms with Gasteiger partial charge in [-0.2, -0.15) is 0 Å². The molecule has 0 spiro atoms. The summed E-state index contributed by atoms with van der Waals surface area (Å²) in [5.41, 5.74) is 2.20. The molecule has 0 saturated heterocycles. The molecule has 0 atom stereocenters. The van der Waals surface area contributed by atoms with E-state index in [2.05, 4.69) is 40.7 Å². The average Bonchev–Trinajstić information content (AvgIpc) is 2.28. The van der Waals surface area contributed by atoms with E-state index in [0.717, 1.165) is 29.7 Å². The maximum absolute atomic E-state index is 9.15. The second-order valence-electron chi connectivity index (χ2n) is 3.51. The van der Waals surface area contributed by atoms with Crippen molar-refractivity contribution >= 4 is 15.9 Å². The fraction of sp³-hybridized carbons (Fsp3) is 0.500. The number of halogens is 1. The van der Waals surface area contributed by atoms with Crippen molar-refractivity contribution < 1.29 is 5.11 Å². The van der Waals surface area contributed by atoms with Crippen LogP contribution >= 0.6 is 15.9 Å². The second-order valence-corrected chi connectivity index (χ2v) is 4.30. The summed E-state index contributed by atoms with van der Waals surface area (Å²) in [6, 6.07) is 6.03. The van der Waals surface area contributed by atoms with Crippen LogP contribution in [-0.4, -0.2) is 23.1 Å². The van der Waals surface area contributed by atoms with E-state index >= 15 is 0 Å². The first-order valence-corrected chi connectivity index (χ1v) is 6.11. The smallest absolute Gasteiger partial charge is 0.0692 e. The van der Waals surface area contributed by atoms with E-state index in [-0.39, 0.29) is 6.61 Å². The van der Waals surface area contributed by atoms with Gasteiger partial charge in [0.05, 0.1) is 6.61 Å². The molecule has 0 radical (unpaired) electrons. The first-order chi connectivity index (χ1) is 7.22. The molecular formula is C12H18BrNO. The molecule has 0 saturated carbocycles. The number of aliphatic hydroxyl groups is 1. The van der Waals surface area contributed by atoms with Gasteiger partial charge in [-0.05, 0) is 24.2 Å². The fourth-order valence-electron chi connectivity index (χ4n) is 1.57. The molecule has 0 aliphatic rings. The predicted octanol–water partition coefficient (Wildman–Crippen LogP) is 2.78. The van der Waals surface area contributed by atoms with Gasteiger partial charge < -0.3 is 5.11 Å². The summed E-state index contributed by atoms with van der Waals surface area (Å²) in [7, 11) is 0. The van der Waals surface area contributed by atoms with Crippen molar-refractivity contribution in [2.75, 3.05) is 13.1 Å². The summed E-state index contributed by atoms with van der Waals surface area (Å²) in [5, 5.41) is 9.15. The van der Waals surface area contributed by atoms with E-state index in [0.29, 0.717) is 0 Å². The third-order valence-electron chi connectivity index (χ3n) is 2.62. The molecule has 0 aliphatic carbocycles. The maximum atomic E-state index is 9.15. The van der Waals surface area contributed by atoms with Crippen LogP contribution in [0.4, 0.5) is 0 Å². The van der Waals surface area contributed by atoms with E-state index in [4.69, 9.17) is 5.11 Å². The van der Waals surface area contributed by atoms with Crippen LogP contribution in [0.5, 0.6) is 0 Å². The fourth-order valence-corrected chi connectivity index (χ4v) is 2.08. The molecule has 0 aromatic heterocycles. The van der Waals surface area contributed by atoms with Crippen LogP contribution in [0.2, 0.25) is 0 Å². The van der Waals surface area contributed by atoms with Crippen molar-refractivity contribution in [2.24, 2.45) is 0 Å². The van der Waals surface area contributed by atoms with Crippen molar-refractivity contribution in [1.82, 2.24) is 4.90 Å². The largest absolute Gasteiger partial charge is 0.392 e. The zero-order valence-electron chi connectivity index (χ0n) is 9.33. The van der Waals surface area contributed by atoms with Gasteiger partial charge in [-0.3, -0.25) is 4.90 Å². The zero-order valence-corrected chi connectivity index (χ0v) is 10.9. The van der Waals surface area contributed by atoms with Crippen molar-refractivity contribution in [3.63, 3.8) is 0 Å². The van der Waals surface area contributed by atoms with Crippen LogP contribution in [-0.2, 0) is 13.2 Å². The molecule has 0 bridgehead atoms. The van der Waals surface area contributed by atoms with Crippen molar-refractivity contribution in [3.8, 4) is 0 Å². The quantitative estimate of drug-likeness (QED) is 0.891. The van der Waals surface area contributed by atoms with Crippen LogP contribution in [0, 0.1) is 0 Å². The molecule has 1 aromatic rings. The third-order valence-corrected chi connectivity index (χ3v) is 3.64. The second kappa shape index (κ2) is 6.26. The Labute approximate surface area is 100 Å². The van der Waals surface area contributed by atoms with Crippen LogP contribution in [0.15, 0.2) is 22.7 Å². The first-order valence-electron chi connectivity index (χ1n) is 5.32. The Morgan fingerprint density at radius 2 is 1.80 bits per heavy atom. The van der Waals surface area contributed by atoms with Gasteiger partial charge >= 0.3 is 0 Å². The zero-order chi connectivity index (χ0) is 11.3. The molecule has 0 aliphatic heterocycles. The van der Waals surface area contributed by atoms with Gasteiger partial charge in [0.1, 0.15) is 0 Å². The number of nitrogens with zero attached hydrogens (tertiary/aromatic N) is 1. The average molecular weight is 272 g/mol. The third kappa shape index (κ3) is 3.30. The number of rotatable bonds is 5. The maximum Gasteiger partial charge on any atom is 0.0692 e. The molecular weight excluding hydrogens is 254 g/mol. The predicted molar refractivity (Wildman–Crippen MR) is 66.7 cm³/mol. The van der Waals surface area contributed by atoms with Gasteiger partial charge in [0.25, 0.3) is 0 Å². The van der Waals surface area contributed by atoms with Crippen molar-refractivity contribution in [1.29, 1.82) is 0 Å². The van der Waals surface area contributed by atoms with Crippen molar-refractivity contribution in [3.05, 3.63) is 33.8 Å². The number of hydrogen-bond acceptors (Lipinski definition) is 2. The van der Waals surface area contributed by atoms with Gasteiger partial charge in [-0.15, -0.1) is 0 Å². The molecule has 0 fully saturated rings. The van der Waals surface area contributed by atoms with Crippen LogP contribution in [0.1, 0.15) is 25.0 Å². The number of aliphatic hydroxyl groups excluding tert-OH is 1. The van der Waals surface area contributed by atoms with Gasteiger partial charge in [-0.25, -0.2) is 0 Å². The normalized spacial score (nSPS) is 11.0. The molecule has 3 heteroatoms. The van der Waals surface area contributed by atoms with Gasteiger partial charge in [-0.1, -0.05) is 48.0 Å². The first kappa shape index (κ1) is 12.7. The molecule has 0 heterocycles. The molecule has 2 nitrogen and oxygen atoms in total. The molecule has 1 N–H and O–H groups in total. The minimum Gasteiger partial charge on any atom is -0.392 e. The summed E-state index contributed by atoms with van der Waals surface area (Å²) >= 11 is 3.54. The minimum absolute atomic E-state index is 0.0900. The summed E-state index contributed by atoms with van der Waals surface area (Å²) in [6.07, 6.45) is 0. The van der Waals surface area contributed by atoms with E-state index in [1.165, 1.54) is 5.56 Å². The topological polar surface area (TPSA) is 23.5 Å². The molecule has 1 rings (SSSR count). The highest BCUT2D eigenvalue weighted by atomic mass is 79.9. The van der Waals surface area contributed by atoms with Gasteiger partial charge in [0.2, 0.25) is 0 Å². The van der Waals surface area contributed by atoms with Gasteiger partial charge in [0.15, 0.2) is 0 Å². The Hall–Kier alpha value is -0.380. The summed E-state index contributed by atoms with van der Waals surface area (Å²) < 4.78 is 1.04. The van der Waals surface area contributed by atoms with E-state index in [1.807, 2.05) is 12.1 Å². The van der Waals surface area contributed by atoms with Gasteiger partial charge in [0, 0.05) is 11.0 Å². The standard InChI is InChI=1S/C12H18BrNO/c1-3-14(4-2)8-10-6-5-7-11(9-15)12(10)13/h5-7,15H,3-4,8-9H2,1-2H3. The Morgan fingerprint density at radius 1 is 1.20 bits per heavy atom. The monoisotopic (exact) mass is 271 g/mol. The lowest BCUT2D eigenvalue weighted by atomic mass is 10.1. The summed E-state index contributed by atoms with van der Waals surface area (Å²) in [5.74, 6) is 0. The van der Waals surface area contributed by atoms with E-state index in [1.54, 1.807) is 0 Å². The highest BCUT2D eigenvalue weighted by Crippen LogP contribution is 2.23. The lowest BCUT2D eigenvalue weighted by Crippen LogP contribution is -2.22. The lowest BCUT2D eigenvalue weighted by molar-refractivity contribution is 0.278. The molecule has 15 heavy (non-hydrogen) atoms. The highest BCUT2D eigenvalue weighted by molar-refractivity contribution is 9.10. The summed E-state index contributed by atoms with van der Waals surface area (Å²) in [4.78, 5) is 2.35. The van der Waals surface area contributed by atoms with Crippen LogP contribution in [0.25, 0.3) is 0 Å². The Morgan fingerprint density at radius 3 is 2.33 bits per heavy atom. The molecule has 84 valence electrons. The Balaban J connectivity index is 2.85. The highest BCUT2D eigenvalue weighted by Gasteiger charge is 2.07. The SMILES string of the molecule is CCN(CC)Cc1cccc(CO)c1Br. The van der Waals surface area contributed by atoms with E-state index < -0.39 is 0 Å². The molecule has 0 unspecified atom stereocenters. The minimum atomic E-state index is 0.0900. The lowest BCUT2D eigenvalue weighted by Gasteiger charge is -2.19. The van der Waals surface area contributed by atoms with Crippen LogP contribution in [0.3, 0.4) is 0 Å². The Bertz CT molecular complexity index is 310. The number of benzene rings is 1. The van der Waals surface area contributed by atoms with Crippen molar-refractivity contribution in [2.45, 2.75) is 27.0 Å². The molecule has 1 aromatic carbocycles. The van der Waals surface area contributed by atoms with E-state index in [9.17, 15) is 0 Å². The number of hydrogen-bond donors (Lipinski definition) is 1.